The van der Waals surface area contributed by atoms with Crippen molar-refractivity contribution in [3.63, 3.8) is 0 Å². The van der Waals surface area contributed by atoms with Gasteiger partial charge >= 0.3 is 0 Å². The number of hydrogen-bond donors (Lipinski definition) is 0. The number of carbonyl (C=O) groups excluding carboxylic acids is 1. The zero-order chi connectivity index (χ0) is 21.8. The minimum absolute atomic E-state index is 0.0211. The van der Waals surface area contributed by atoms with Gasteiger partial charge in [-0.05, 0) is 35.4 Å². The number of ether oxygens (including phenoxy) is 2. The Morgan fingerprint density at radius 2 is 1.69 bits per heavy atom. The predicted octanol–water partition coefficient (Wildman–Crippen LogP) is 4.96. The lowest BCUT2D eigenvalue weighted by atomic mass is 10.1. The fourth-order valence-corrected chi connectivity index (χ4v) is 4.01. The third kappa shape index (κ3) is 4.42. The molecule has 0 N–H and O–H groups in total. The molecule has 0 spiro atoms. The number of para-hydroxylation sites is 1. The molecule has 4 aromatic rings. The van der Waals surface area contributed by atoms with E-state index < -0.39 is 0 Å². The second-order valence-electron chi connectivity index (χ2n) is 7.88. The average molecular weight is 425 g/mol. The molecule has 1 atom stereocenters. The highest BCUT2D eigenvalue weighted by Gasteiger charge is 2.28. The van der Waals surface area contributed by atoms with E-state index >= 15 is 0 Å². The Balaban J connectivity index is 1.15. The number of fused-ring (bicyclic) bond motifs is 1. The first-order valence-corrected chi connectivity index (χ1v) is 10.8. The van der Waals surface area contributed by atoms with Crippen LogP contribution in [0.2, 0.25) is 0 Å². The normalized spacial score (nSPS) is 15.6. The van der Waals surface area contributed by atoms with E-state index in [9.17, 15) is 4.79 Å². The molecule has 0 bridgehead atoms. The van der Waals surface area contributed by atoms with E-state index in [2.05, 4.69) is 17.1 Å². The number of pyridine rings is 1. The standard InChI is InChI=1S/C27H24N2O3/c30-26(19-31-23-13-11-21(12-14-23)20-6-2-1-3-7-20)29-17-15-24(18-29)32-25-10-4-8-22-9-5-16-28-27(22)25/h1-14,16,24H,15,17-19H2. The van der Waals surface area contributed by atoms with Crippen LogP contribution in [0.3, 0.4) is 0 Å². The molecule has 5 nitrogen and oxygen atoms in total. The Morgan fingerprint density at radius 3 is 2.53 bits per heavy atom. The number of carbonyl (C=O) groups is 1. The Labute approximate surface area is 187 Å². The molecule has 160 valence electrons. The highest BCUT2D eigenvalue weighted by atomic mass is 16.5. The molecule has 0 radical (unpaired) electrons. The van der Waals surface area contributed by atoms with E-state index in [-0.39, 0.29) is 18.6 Å². The summed E-state index contributed by atoms with van der Waals surface area (Å²) in [6, 6.07) is 27.8. The van der Waals surface area contributed by atoms with Crippen LogP contribution in [0, 0.1) is 0 Å². The second kappa shape index (κ2) is 9.10. The number of rotatable bonds is 6. The van der Waals surface area contributed by atoms with E-state index in [4.69, 9.17) is 9.47 Å². The predicted molar refractivity (Wildman–Crippen MR) is 125 cm³/mol. The number of likely N-dealkylation sites (tertiary alicyclic amines) is 1. The van der Waals surface area contributed by atoms with Gasteiger partial charge in [-0.1, -0.05) is 60.7 Å². The van der Waals surface area contributed by atoms with Crippen LogP contribution < -0.4 is 9.47 Å². The van der Waals surface area contributed by atoms with Crippen molar-refractivity contribution in [1.82, 2.24) is 9.88 Å². The minimum atomic E-state index is -0.0447. The Morgan fingerprint density at radius 1 is 0.906 bits per heavy atom. The fourth-order valence-electron chi connectivity index (χ4n) is 4.01. The highest BCUT2D eigenvalue weighted by Crippen LogP contribution is 2.26. The average Bonchev–Trinajstić information content (AvgIpc) is 3.32. The van der Waals surface area contributed by atoms with Crippen molar-refractivity contribution >= 4 is 16.8 Å². The molecule has 5 rings (SSSR count). The summed E-state index contributed by atoms with van der Waals surface area (Å²) in [6.07, 6.45) is 2.51. The van der Waals surface area contributed by atoms with Gasteiger partial charge in [0.1, 0.15) is 23.1 Å². The number of amides is 1. The molecule has 1 amide bonds. The molecule has 1 aliphatic heterocycles. The molecule has 1 saturated heterocycles. The molecule has 1 aliphatic rings. The van der Waals surface area contributed by atoms with Gasteiger partial charge in [-0.3, -0.25) is 9.78 Å². The zero-order valence-electron chi connectivity index (χ0n) is 17.7. The summed E-state index contributed by atoms with van der Waals surface area (Å²) in [7, 11) is 0. The Hall–Kier alpha value is -3.86. The molecule has 0 saturated carbocycles. The number of aromatic nitrogens is 1. The Bertz CT molecular complexity index is 1200. The van der Waals surface area contributed by atoms with Gasteiger partial charge in [0.25, 0.3) is 5.91 Å². The summed E-state index contributed by atoms with van der Waals surface area (Å²) in [5, 5.41) is 1.04. The van der Waals surface area contributed by atoms with Gasteiger partial charge in [0.2, 0.25) is 0 Å². The maximum absolute atomic E-state index is 12.7. The maximum Gasteiger partial charge on any atom is 0.260 e. The molecule has 0 aliphatic carbocycles. The quantitative estimate of drug-likeness (QED) is 0.439. The smallest absolute Gasteiger partial charge is 0.260 e. The Kier molecular flexibility index (Phi) is 5.71. The lowest BCUT2D eigenvalue weighted by Gasteiger charge is -2.18. The number of nitrogens with zero attached hydrogens (tertiary/aromatic N) is 2. The molecule has 2 heterocycles. The van der Waals surface area contributed by atoms with Gasteiger partial charge in [-0.2, -0.15) is 0 Å². The van der Waals surface area contributed by atoms with Crippen molar-refractivity contribution in [3.8, 4) is 22.6 Å². The number of hydrogen-bond acceptors (Lipinski definition) is 4. The van der Waals surface area contributed by atoms with E-state index in [0.29, 0.717) is 18.8 Å². The summed E-state index contributed by atoms with van der Waals surface area (Å²) in [4.78, 5) is 18.9. The zero-order valence-corrected chi connectivity index (χ0v) is 17.7. The molecular weight excluding hydrogens is 400 g/mol. The SMILES string of the molecule is O=C(COc1ccc(-c2ccccc2)cc1)N1CCC(Oc2cccc3cccnc23)C1. The molecule has 1 unspecified atom stereocenters. The van der Waals surface area contributed by atoms with Crippen molar-refractivity contribution < 1.29 is 14.3 Å². The third-order valence-electron chi connectivity index (χ3n) is 5.71. The van der Waals surface area contributed by atoms with Gasteiger partial charge < -0.3 is 14.4 Å². The topological polar surface area (TPSA) is 51.7 Å². The van der Waals surface area contributed by atoms with Crippen molar-refractivity contribution in [2.45, 2.75) is 12.5 Å². The van der Waals surface area contributed by atoms with Crippen molar-refractivity contribution in [1.29, 1.82) is 0 Å². The van der Waals surface area contributed by atoms with Gasteiger partial charge in [0.15, 0.2) is 6.61 Å². The number of benzene rings is 3. The van der Waals surface area contributed by atoms with E-state index in [1.807, 2.05) is 77.7 Å². The molecular formula is C27H24N2O3. The summed E-state index contributed by atoms with van der Waals surface area (Å²) >= 11 is 0. The molecule has 1 aromatic heterocycles. The summed E-state index contributed by atoms with van der Waals surface area (Å²) < 4.78 is 11.9. The van der Waals surface area contributed by atoms with E-state index in [0.717, 1.165) is 34.2 Å². The highest BCUT2D eigenvalue weighted by molar-refractivity contribution is 5.84. The van der Waals surface area contributed by atoms with Crippen LogP contribution in [0.4, 0.5) is 0 Å². The van der Waals surface area contributed by atoms with E-state index in [1.54, 1.807) is 6.20 Å². The monoisotopic (exact) mass is 424 g/mol. The van der Waals surface area contributed by atoms with Gasteiger partial charge in [-0.25, -0.2) is 0 Å². The first kappa shape index (κ1) is 20.1. The second-order valence-corrected chi connectivity index (χ2v) is 7.88. The van der Waals surface area contributed by atoms with Gasteiger partial charge in [0, 0.05) is 24.5 Å². The van der Waals surface area contributed by atoms with Gasteiger partial charge in [-0.15, -0.1) is 0 Å². The van der Waals surface area contributed by atoms with Crippen LogP contribution in [0.5, 0.6) is 11.5 Å². The van der Waals surface area contributed by atoms with Crippen molar-refractivity contribution in [3.05, 3.63) is 91.1 Å². The molecule has 5 heteroatoms. The first-order chi connectivity index (χ1) is 15.8. The van der Waals surface area contributed by atoms with Crippen LogP contribution >= 0.6 is 0 Å². The molecule has 32 heavy (non-hydrogen) atoms. The van der Waals surface area contributed by atoms with Crippen molar-refractivity contribution in [2.24, 2.45) is 0 Å². The maximum atomic E-state index is 12.7. The lowest BCUT2D eigenvalue weighted by Crippen LogP contribution is -2.34. The summed E-state index contributed by atoms with van der Waals surface area (Å²) in [6.45, 7) is 1.24. The van der Waals surface area contributed by atoms with Crippen LogP contribution in [-0.2, 0) is 4.79 Å². The summed E-state index contributed by atoms with van der Waals surface area (Å²) in [5.74, 6) is 1.42. The lowest BCUT2D eigenvalue weighted by molar-refractivity contribution is -0.132. The van der Waals surface area contributed by atoms with Crippen LogP contribution in [0.25, 0.3) is 22.0 Å². The van der Waals surface area contributed by atoms with Gasteiger partial charge in [0.05, 0.1) is 6.54 Å². The molecule has 3 aromatic carbocycles. The third-order valence-corrected chi connectivity index (χ3v) is 5.71. The molecule has 1 fully saturated rings. The van der Waals surface area contributed by atoms with Crippen LogP contribution in [-0.4, -0.2) is 41.6 Å². The fraction of sp³-hybridized carbons (Fsp3) is 0.185. The van der Waals surface area contributed by atoms with Crippen molar-refractivity contribution in [2.75, 3.05) is 19.7 Å². The minimum Gasteiger partial charge on any atom is -0.486 e. The van der Waals surface area contributed by atoms with Crippen LogP contribution in [0.15, 0.2) is 91.1 Å². The van der Waals surface area contributed by atoms with E-state index in [1.165, 1.54) is 0 Å². The largest absolute Gasteiger partial charge is 0.486 e. The summed E-state index contributed by atoms with van der Waals surface area (Å²) in [5.41, 5.74) is 3.12. The van der Waals surface area contributed by atoms with Crippen LogP contribution in [0.1, 0.15) is 6.42 Å². The first-order valence-electron chi connectivity index (χ1n) is 10.8.